The molecule has 4 aromatic rings. The van der Waals surface area contributed by atoms with Gasteiger partial charge < -0.3 is 5.32 Å². The highest BCUT2D eigenvalue weighted by atomic mass is 19.4. The Labute approximate surface area is 158 Å². The monoisotopic (exact) mass is 386 g/mol. The molecule has 0 aliphatic rings. The van der Waals surface area contributed by atoms with E-state index in [9.17, 15) is 18.0 Å². The lowest BCUT2D eigenvalue weighted by Gasteiger charge is -2.10. The Hall–Kier alpha value is -3.29. The molecule has 0 atom stereocenters. The maximum atomic E-state index is 12.9. The van der Waals surface area contributed by atoms with Crippen molar-refractivity contribution in [1.29, 1.82) is 0 Å². The van der Waals surface area contributed by atoms with Crippen molar-refractivity contribution in [3.63, 3.8) is 0 Å². The van der Waals surface area contributed by atoms with Crippen LogP contribution in [0.25, 0.3) is 27.6 Å². The summed E-state index contributed by atoms with van der Waals surface area (Å²) < 4.78 is 42.1. The number of amides is 1. The number of aryl methyl sites for hydroxylation is 1. The fourth-order valence-electron chi connectivity index (χ4n) is 3.36. The second-order valence-corrected chi connectivity index (χ2v) is 6.51. The average Bonchev–Trinajstić information content (AvgIpc) is 3.15. The number of fused-ring (bicyclic) bond motifs is 3. The lowest BCUT2D eigenvalue weighted by atomic mass is 10.1. The van der Waals surface area contributed by atoms with Crippen LogP contribution in [0.15, 0.2) is 48.7 Å². The van der Waals surface area contributed by atoms with Crippen LogP contribution in [-0.4, -0.2) is 26.8 Å². The molecule has 1 amide bonds. The molecule has 2 aromatic carbocycles. The molecular formula is C20H17F3N4O. The van der Waals surface area contributed by atoms with Gasteiger partial charge in [-0.2, -0.15) is 18.3 Å². The maximum absolute atomic E-state index is 12.9. The summed E-state index contributed by atoms with van der Waals surface area (Å²) in [6, 6.07) is 10.2. The van der Waals surface area contributed by atoms with Gasteiger partial charge in [0.15, 0.2) is 5.65 Å². The minimum atomic E-state index is -4.39. The number of halogens is 3. The van der Waals surface area contributed by atoms with Crippen LogP contribution in [0.4, 0.5) is 13.2 Å². The van der Waals surface area contributed by atoms with Crippen molar-refractivity contribution in [1.82, 2.24) is 19.7 Å². The Morgan fingerprint density at radius 3 is 2.46 bits per heavy atom. The Balaban J connectivity index is 1.93. The van der Waals surface area contributed by atoms with Crippen molar-refractivity contribution in [2.45, 2.75) is 13.1 Å². The molecule has 28 heavy (non-hydrogen) atoms. The summed E-state index contributed by atoms with van der Waals surface area (Å²) in [6.45, 7) is 2.36. The fourth-order valence-corrected chi connectivity index (χ4v) is 3.36. The summed E-state index contributed by atoms with van der Waals surface area (Å²) in [7, 11) is 1.77. The van der Waals surface area contributed by atoms with Gasteiger partial charge in [0.25, 0.3) is 5.91 Å². The number of hydrogen-bond donors (Lipinski definition) is 1. The van der Waals surface area contributed by atoms with Crippen LogP contribution in [0.2, 0.25) is 0 Å². The van der Waals surface area contributed by atoms with Gasteiger partial charge in [-0.15, -0.1) is 0 Å². The van der Waals surface area contributed by atoms with Crippen molar-refractivity contribution in [3.8, 4) is 5.69 Å². The quantitative estimate of drug-likeness (QED) is 0.571. The molecule has 0 saturated carbocycles. The number of carbonyl (C=O) groups is 1. The number of nitrogens with zero attached hydrogens (tertiary/aromatic N) is 3. The summed E-state index contributed by atoms with van der Waals surface area (Å²) in [6.07, 6.45) is -2.56. The molecule has 5 nitrogen and oxygen atoms in total. The lowest BCUT2D eigenvalue weighted by Crippen LogP contribution is -2.22. The van der Waals surface area contributed by atoms with Gasteiger partial charge in [0, 0.05) is 41.8 Å². The van der Waals surface area contributed by atoms with Crippen molar-refractivity contribution in [3.05, 3.63) is 59.8 Å². The summed E-state index contributed by atoms with van der Waals surface area (Å²) in [5, 5.41) is 8.87. The van der Waals surface area contributed by atoms with Gasteiger partial charge in [-0.3, -0.25) is 14.0 Å². The molecule has 1 N–H and O–H groups in total. The summed E-state index contributed by atoms with van der Waals surface area (Å²) >= 11 is 0. The first-order chi connectivity index (χ1) is 13.3. The highest BCUT2D eigenvalue weighted by Gasteiger charge is 2.30. The van der Waals surface area contributed by atoms with Gasteiger partial charge in [0.05, 0.1) is 11.1 Å². The van der Waals surface area contributed by atoms with Gasteiger partial charge in [-0.05, 0) is 49.4 Å². The molecule has 0 aliphatic carbocycles. The number of nitrogens with one attached hydrogen (secondary N) is 1. The predicted octanol–water partition coefficient (Wildman–Crippen LogP) is 4.29. The molecule has 0 radical (unpaired) electrons. The lowest BCUT2D eigenvalue weighted by molar-refractivity contribution is -0.137. The number of hydrogen-bond acceptors (Lipinski definition) is 2. The summed E-state index contributed by atoms with van der Waals surface area (Å²) in [5.74, 6) is -0.177. The summed E-state index contributed by atoms with van der Waals surface area (Å²) in [4.78, 5) is 12.2. The van der Waals surface area contributed by atoms with E-state index < -0.39 is 11.7 Å². The van der Waals surface area contributed by atoms with Crippen molar-refractivity contribution in [2.75, 3.05) is 6.54 Å². The van der Waals surface area contributed by atoms with Crippen LogP contribution in [0.1, 0.15) is 22.8 Å². The SMILES string of the molecule is CCNC(=O)c1ccc2c(c1)c1cn(C)nc1n2-c1ccc(C(F)(F)F)cc1. The zero-order valence-corrected chi connectivity index (χ0v) is 15.2. The second-order valence-electron chi connectivity index (χ2n) is 6.51. The summed E-state index contributed by atoms with van der Waals surface area (Å²) in [5.41, 5.74) is 1.77. The van der Waals surface area contributed by atoms with E-state index in [1.807, 2.05) is 13.1 Å². The molecule has 0 bridgehead atoms. The zero-order valence-electron chi connectivity index (χ0n) is 15.2. The van der Waals surface area contributed by atoms with Crippen LogP contribution >= 0.6 is 0 Å². The minimum Gasteiger partial charge on any atom is -0.352 e. The van der Waals surface area contributed by atoms with E-state index in [1.54, 1.807) is 34.5 Å². The molecule has 144 valence electrons. The van der Waals surface area contributed by atoms with E-state index in [-0.39, 0.29) is 5.91 Å². The molecule has 0 unspecified atom stereocenters. The van der Waals surface area contributed by atoms with Crippen molar-refractivity contribution < 1.29 is 18.0 Å². The van der Waals surface area contributed by atoms with Crippen molar-refractivity contribution >= 4 is 27.8 Å². The van der Waals surface area contributed by atoms with E-state index in [4.69, 9.17) is 0 Å². The first-order valence-corrected chi connectivity index (χ1v) is 8.73. The first kappa shape index (κ1) is 18.1. The normalized spacial score (nSPS) is 12.0. The molecule has 0 spiro atoms. The molecule has 0 aliphatic heterocycles. The largest absolute Gasteiger partial charge is 0.416 e. The third kappa shape index (κ3) is 2.90. The van der Waals surface area contributed by atoms with Crippen molar-refractivity contribution in [2.24, 2.45) is 7.05 Å². The third-order valence-corrected chi connectivity index (χ3v) is 4.60. The second kappa shape index (κ2) is 6.40. The number of benzene rings is 2. The highest BCUT2D eigenvalue weighted by Crippen LogP contribution is 2.34. The Kier molecular flexibility index (Phi) is 4.14. The van der Waals surface area contributed by atoms with Crippen LogP contribution in [-0.2, 0) is 13.2 Å². The van der Waals surface area contributed by atoms with E-state index in [0.29, 0.717) is 23.4 Å². The Morgan fingerprint density at radius 1 is 1.11 bits per heavy atom. The molecule has 4 rings (SSSR count). The van der Waals surface area contributed by atoms with Gasteiger partial charge in [0.1, 0.15) is 0 Å². The third-order valence-electron chi connectivity index (χ3n) is 4.60. The minimum absolute atomic E-state index is 0.177. The fraction of sp³-hybridized carbons (Fsp3) is 0.200. The van der Waals surface area contributed by atoms with Crippen LogP contribution in [0, 0.1) is 0 Å². The van der Waals surface area contributed by atoms with Gasteiger partial charge in [0.2, 0.25) is 0 Å². The number of carbonyl (C=O) groups excluding carboxylic acids is 1. The predicted molar refractivity (Wildman–Crippen MR) is 101 cm³/mol. The number of aromatic nitrogens is 3. The van der Waals surface area contributed by atoms with E-state index in [0.717, 1.165) is 28.4 Å². The van der Waals surface area contributed by atoms with Crippen LogP contribution in [0.5, 0.6) is 0 Å². The number of rotatable bonds is 3. The highest BCUT2D eigenvalue weighted by molar-refractivity contribution is 6.10. The molecule has 8 heteroatoms. The van der Waals surface area contributed by atoms with E-state index in [2.05, 4.69) is 10.4 Å². The van der Waals surface area contributed by atoms with Gasteiger partial charge in [-0.25, -0.2) is 0 Å². The Bertz CT molecular complexity index is 1190. The van der Waals surface area contributed by atoms with Gasteiger partial charge >= 0.3 is 6.18 Å². The molecule has 2 aromatic heterocycles. The van der Waals surface area contributed by atoms with E-state index in [1.165, 1.54) is 12.1 Å². The molecule has 2 heterocycles. The van der Waals surface area contributed by atoms with E-state index >= 15 is 0 Å². The standard InChI is InChI=1S/C20H17F3N4O/c1-3-24-19(28)12-4-9-17-15(10-12)16-11-26(2)25-18(16)27(17)14-7-5-13(6-8-14)20(21,22)23/h4-11H,3H2,1-2H3,(H,24,28). The average molecular weight is 386 g/mol. The number of alkyl halides is 3. The molecule has 0 fully saturated rings. The molecular weight excluding hydrogens is 369 g/mol. The smallest absolute Gasteiger partial charge is 0.352 e. The maximum Gasteiger partial charge on any atom is 0.416 e. The van der Waals surface area contributed by atoms with Crippen LogP contribution in [0.3, 0.4) is 0 Å². The van der Waals surface area contributed by atoms with Crippen LogP contribution < -0.4 is 5.32 Å². The first-order valence-electron chi connectivity index (χ1n) is 8.73. The zero-order chi connectivity index (χ0) is 20.1. The topological polar surface area (TPSA) is 51.9 Å². The Morgan fingerprint density at radius 2 is 1.82 bits per heavy atom. The van der Waals surface area contributed by atoms with Gasteiger partial charge in [-0.1, -0.05) is 0 Å². The molecule has 0 saturated heterocycles.